The van der Waals surface area contributed by atoms with Crippen LogP contribution in [0.25, 0.3) is 22.6 Å². The molecule has 0 aliphatic heterocycles. The average molecular weight is 417 g/mol. The summed E-state index contributed by atoms with van der Waals surface area (Å²) in [6, 6.07) is 15.4. The molecule has 8 heteroatoms. The van der Waals surface area contributed by atoms with Gasteiger partial charge in [-0.15, -0.1) is 0 Å². The molecule has 4 rings (SSSR count). The molecular weight excluding hydrogens is 398 g/mol. The van der Waals surface area contributed by atoms with Gasteiger partial charge in [-0.3, -0.25) is 15.1 Å². The van der Waals surface area contributed by atoms with Crippen molar-refractivity contribution < 1.29 is 19.2 Å². The van der Waals surface area contributed by atoms with Crippen LogP contribution in [0.4, 0.5) is 11.4 Å². The van der Waals surface area contributed by atoms with E-state index in [4.69, 9.17) is 9.15 Å². The number of aryl methyl sites for hydroxylation is 1. The minimum absolute atomic E-state index is 0.0414. The van der Waals surface area contributed by atoms with Crippen molar-refractivity contribution in [3.05, 3.63) is 75.8 Å². The quantitative estimate of drug-likeness (QED) is 0.249. The number of aromatic nitrogens is 1. The molecule has 0 radical (unpaired) electrons. The maximum atomic E-state index is 11.2. The molecule has 0 bridgehead atoms. The third-order valence-corrected chi connectivity index (χ3v) is 4.61. The van der Waals surface area contributed by atoms with Gasteiger partial charge in [0.05, 0.1) is 23.3 Å². The van der Waals surface area contributed by atoms with Crippen LogP contribution in [-0.4, -0.2) is 27.8 Å². The standard InChI is InChI=1S/C23H19N3O5/c1-3-30-21-12-18(26(28)29)11-16(22(21)27)13-24-17-7-5-15(6-8-17)23-25-19-9-4-14(2)10-20(19)31-23/h4-13,27H,3H2,1-2H3. The first kappa shape index (κ1) is 20.1. The fourth-order valence-corrected chi connectivity index (χ4v) is 3.07. The van der Waals surface area contributed by atoms with Crippen LogP contribution in [-0.2, 0) is 0 Å². The van der Waals surface area contributed by atoms with E-state index < -0.39 is 4.92 Å². The molecule has 0 aliphatic rings. The van der Waals surface area contributed by atoms with Crippen LogP contribution in [0.2, 0.25) is 0 Å². The van der Waals surface area contributed by atoms with Gasteiger partial charge in [-0.05, 0) is 55.8 Å². The van der Waals surface area contributed by atoms with Crippen LogP contribution in [0.3, 0.4) is 0 Å². The second-order valence-electron chi connectivity index (χ2n) is 6.87. The van der Waals surface area contributed by atoms with Crippen LogP contribution < -0.4 is 4.74 Å². The molecule has 1 N–H and O–H groups in total. The summed E-state index contributed by atoms with van der Waals surface area (Å²) in [6.45, 7) is 3.98. The number of hydrogen-bond donors (Lipinski definition) is 1. The highest BCUT2D eigenvalue weighted by atomic mass is 16.6. The normalized spacial score (nSPS) is 11.3. The van der Waals surface area contributed by atoms with E-state index >= 15 is 0 Å². The third kappa shape index (κ3) is 4.23. The van der Waals surface area contributed by atoms with Crippen molar-refractivity contribution in [2.45, 2.75) is 13.8 Å². The van der Waals surface area contributed by atoms with E-state index in [1.54, 1.807) is 19.1 Å². The number of rotatable bonds is 6. The number of phenolic OH excluding ortho intramolecular Hbond substituents is 1. The first-order valence-corrected chi connectivity index (χ1v) is 9.60. The van der Waals surface area contributed by atoms with Gasteiger partial charge in [-0.1, -0.05) is 6.07 Å². The summed E-state index contributed by atoms with van der Waals surface area (Å²) in [4.78, 5) is 19.4. The summed E-state index contributed by atoms with van der Waals surface area (Å²) >= 11 is 0. The van der Waals surface area contributed by atoms with Crippen LogP contribution in [0.5, 0.6) is 11.5 Å². The molecule has 1 aromatic heterocycles. The Kier molecular flexibility index (Phi) is 5.36. The number of hydrogen-bond acceptors (Lipinski definition) is 7. The van der Waals surface area contributed by atoms with Crippen molar-refractivity contribution in [2.24, 2.45) is 4.99 Å². The molecule has 1 heterocycles. The molecule has 0 saturated heterocycles. The van der Waals surface area contributed by atoms with Crippen LogP contribution in [0.15, 0.2) is 64.0 Å². The Balaban J connectivity index is 1.60. The molecule has 31 heavy (non-hydrogen) atoms. The van der Waals surface area contributed by atoms with Gasteiger partial charge >= 0.3 is 0 Å². The number of oxazole rings is 1. The van der Waals surface area contributed by atoms with Crippen molar-refractivity contribution in [3.8, 4) is 23.0 Å². The van der Waals surface area contributed by atoms with Crippen LogP contribution in [0, 0.1) is 17.0 Å². The van der Waals surface area contributed by atoms with E-state index in [9.17, 15) is 15.2 Å². The lowest BCUT2D eigenvalue weighted by molar-refractivity contribution is -0.385. The number of nitrogens with zero attached hydrogens (tertiary/aromatic N) is 3. The highest BCUT2D eigenvalue weighted by molar-refractivity contribution is 5.88. The number of nitro groups is 1. The molecule has 3 aromatic carbocycles. The molecule has 156 valence electrons. The van der Waals surface area contributed by atoms with Crippen LogP contribution in [0.1, 0.15) is 18.1 Å². The van der Waals surface area contributed by atoms with Gasteiger partial charge in [0.15, 0.2) is 17.1 Å². The monoisotopic (exact) mass is 417 g/mol. The summed E-state index contributed by atoms with van der Waals surface area (Å²) in [5, 5.41) is 21.5. The SMILES string of the molecule is CCOc1cc([N+](=O)[O-])cc(C=Nc2ccc(-c3nc4ccc(C)cc4o3)cc2)c1O. The van der Waals surface area contributed by atoms with E-state index in [0.717, 1.165) is 22.2 Å². The summed E-state index contributed by atoms with van der Waals surface area (Å²) in [5.41, 5.74) is 4.00. The first-order chi connectivity index (χ1) is 14.9. The summed E-state index contributed by atoms with van der Waals surface area (Å²) in [6.07, 6.45) is 1.36. The molecule has 0 fully saturated rings. The van der Waals surface area contributed by atoms with Gasteiger partial charge in [0.25, 0.3) is 5.69 Å². The predicted molar refractivity (Wildman–Crippen MR) is 117 cm³/mol. The smallest absolute Gasteiger partial charge is 0.274 e. The number of phenols is 1. The number of benzene rings is 3. The fraction of sp³-hybridized carbons (Fsp3) is 0.130. The van der Waals surface area contributed by atoms with Gasteiger partial charge < -0.3 is 14.3 Å². The zero-order valence-electron chi connectivity index (χ0n) is 16.9. The number of fused-ring (bicyclic) bond motifs is 1. The Hall–Kier alpha value is -4.20. The van der Waals surface area contributed by atoms with E-state index in [1.807, 2.05) is 37.3 Å². The second kappa shape index (κ2) is 8.27. The highest BCUT2D eigenvalue weighted by Gasteiger charge is 2.16. The zero-order valence-corrected chi connectivity index (χ0v) is 16.9. The Labute approximate surface area is 177 Å². The molecular formula is C23H19N3O5. The van der Waals surface area contributed by atoms with E-state index in [1.165, 1.54) is 18.3 Å². The molecule has 0 unspecified atom stereocenters. The highest BCUT2D eigenvalue weighted by Crippen LogP contribution is 2.34. The molecule has 0 amide bonds. The Morgan fingerprint density at radius 1 is 1.19 bits per heavy atom. The van der Waals surface area contributed by atoms with E-state index in [2.05, 4.69) is 9.98 Å². The minimum Gasteiger partial charge on any atom is -0.504 e. The maximum absolute atomic E-state index is 11.2. The number of non-ortho nitro benzene ring substituents is 1. The van der Waals surface area contributed by atoms with Gasteiger partial charge in [-0.2, -0.15) is 0 Å². The minimum atomic E-state index is -0.546. The van der Waals surface area contributed by atoms with Gasteiger partial charge in [-0.25, -0.2) is 4.98 Å². The van der Waals surface area contributed by atoms with Crippen molar-refractivity contribution in [2.75, 3.05) is 6.61 Å². The topological polar surface area (TPSA) is 111 Å². The lowest BCUT2D eigenvalue weighted by Crippen LogP contribution is -1.97. The summed E-state index contributed by atoms with van der Waals surface area (Å²) in [7, 11) is 0. The fourth-order valence-electron chi connectivity index (χ4n) is 3.07. The summed E-state index contributed by atoms with van der Waals surface area (Å²) in [5.74, 6) is 0.350. The number of aromatic hydroxyl groups is 1. The van der Waals surface area contributed by atoms with Crippen molar-refractivity contribution in [1.29, 1.82) is 0 Å². The predicted octanol–water partition coefficient (Wildman–Crippen LogP) is 5.57. The number of aliphatic imine (C=N–C) groups is 1. The second-order valence-corrected chi connectivity index (χ2v) is 6.87. The molecule has 4 aromatic rings. The van der Waals surface area contributed by atoms with Crippen molar-refractivity contribution in [3.63, 3.8) is 0 Å². The van der Waals surface area contributed by atoms with E-state index in [0.29, 0.717) is 11.6 Å². The molecule has 0 aliphatic carbocycles. The molecule has 0 saturated carbocycles. The Morgan fingerprint density at radius 2 is 1.97 bits per heavy atom. The Bertz CT molecular complexity index is 1290. The van der Waals surface area contributed by atoms with Crippen LogP contribution >= 0.6 is 0 Å². The Morgan fingerprint density at radius 3 is 2.68 bits per heavy atom. The lowest BCUT2D eigenvalue weighted by atomic mass is 10.1. The number of nitro benzene ring substituents is 1. The first-order valence-electron chi connectivity index (χ1n) is 9.60. The largest absolute Gasteiger partial charge is 0.504 e. The maximum Gasteiger partial charge on any atom is 0.274 e. The van der Waals surface area contributed by atoms with Crippen molar-refractivity contribution >= 4 is 28.7 Å². The number of ether oxygens (including phenoxy) is 1. The van der Waals surface area contributed by atoms with Gasteiger partial charge in [0.2, 0.25) is 5.89 Å². The van der Waals surface area contributed by atoms with Gasteiger partial charge in [0.1, 0.15) is 5.52 Å². The molecule has 8 nitrogen and oxygen atoms in total. The van der Waals surface area contributed by atoms with Crippen molar-refractivity contribution in [1.82, 2.24) is 4.98 Å². The average Bonchev–Trinajstić information content (AvgIpc) is 3.18. The zero-order chi connectivity index (χ0) is 22.0. The van der Waals surface area contributed by atoms with E-state index in [-0.39, 0.29) is 29.4 Å². The van der Waals surface area contributed by atoms with Gasteiger partial charge in [0, 0.05) is 23.4 Å². The third-order valence-electron chi connectivity index (χ3n) is 4.61. The lowest BCUT2D eigenvalue weighted by Gasteiger charge is -2.07. The summed E-state index contributed by atoms with van der Waals surface area (Å²) < 4.78 is 11.1. The molecule has 0 spiro atoms. The molecule has 0 atom stereocenters.